The molecule has 8 nitrogen and oxygen atoms in total. The molecule has 0 radical (unpaired) electrons. The van der Waals surface area contributed by atoms with Gasteiger partial charge in [0, 0.05) is 38.0 Å². The predicted octanol–water partition coefficient (Wildman–Crippen LogP) is 1.89. The Morgan fingerprint density at radius 2 is 2.06 bits per heavy atom. The van der Waals surface area contributed by atoms with E-state index in [1.807, 2.05) is 6.92 Å². The highest BCUT2D eigenvalue weighted by Crippen LogP contribution is 2.46. The number of aliphatic hydroxyl groups is 1. The highest BCUT2D eigenvalue weighted by molar-refractivity contribution is 6.30. The van der Waals surface area contributed by atoms with Crippen molar-refractivity contribution in [2.75, 3.05) is 13.2 Å². The minimum atomic E-state index is -0.970. The maximum Gasteiger partial charge on any atom is 0.275 e. The van der Waals surface area contributed by atoms with Gasteiger partial charge in [-0.15, -0.1) is 0 Å². The first-order valence-corrected chi connectivity index (χ1v) is 10.7. The van der Waals surface area contributed by atoms with E-state index in [1.54, 1.807) is 4.90 Å². The SMILES string of the molecule is CCN1C(=O)c2c(O)c(=O)c(C(=O)NCc3cccc(Cl)c3F)cn2C[C@]12C[C@@H](CO)C2. The van der Waals surface area contributed by atoms with E-state index >= 15 is 0 Å². The fraction of sp³-hybridized carbons (Fsp3) is 0.409. The number of benzene rings is 1. The Morgan fingerprint density at radius 3 is 2.72 bits per heavy atom. The summed E-state index contributed by atoms with van der Waals surface area (Å²) in [5.41, 5.74) is -1.87. The molecule has 0 unspecified atom stereocenters. The molecule has 32 heavy (non-hydrogen) atoms. The van der Waals surface area contributed by atoms with Crippen LogP contribution in [0.3, 0.4) is 0 Å². The number of aromatic hydroxyl groups is 1. The molecule has 2 amide bonds. The molecule has 1 aromatic heterocycles. The third-order valence-electron chi connectivity index (χ3n) is 6.37. The summed E-state index contributed by atoms with van der Waals surface area (Å²) in [6.45, 7) is 2.29. The highest BCUT2D eigenvalue weighted by Gasteiger charge is 2.53. The van der Waals surface area contributed by atoms with E-state index in [0.717, 1.165) is 0 Å². The molecule has 2 aliphatic rings. The number of amides is 2. The Kier molecular flexibility index (Phi) is 5.72. The average Bonchev–Trinajstić information content (AvgIpc) is 2.74. The van der Waals surface area contributed by atoms with Crippen molar-refractivity contribution in [2.24, 2.45) is 5.92 Å². The number of nitrogens with zero attached hydrogens (tertiary/aromatic N) is 2. The van der Waals surface area contributed by atoms with Gasteiger partial charge in [0.1, 0.15) is 11.4 Å². The van der Waals surface area contributed by atoms with Crippen molar-refractivity contribution >= 4 is 23.4 Å². The van der Waals surface area contributed by atoms with Crippen molar-refractivity contribution in [1.82, 2.24) is 14.8 Å². The van der Waals surface area contributed by atoms with Crippen molar-refractivity contribution in [2.45, 2.75) is 38.4 Å². The number of hydrogen-bond donors (Lipinski definition) is 3. The number of nitrogens with one attached hydrogen (secondary N) is 1. The van der Waals surface area contributed by atoms with Crippen LogP contribution in [0.2, 0.25) is 5.02 Å². The number of hydrogen-bond acceptors (Lipinski definition) is 5. The van der Waals surface area contributed by atoms with Crippen molar-refractivity contribution < 1.29 is 24.2 Å². The lowest BCUT2D eigenvalue weighted by Crippen LogP contribution is -2.65. The molecule has 2 heterocycles. The van der Waals surface area contributed by atoms with Gasteiger partial charge in [0.05, 0.1) is 10.6 Å². The van der Waals surface area contributed by atoms with Gasteiger partial charge in [-0.05, 0) is 31.7 Å². The molecule has 1 fully saturated rings. The smallest absolute Gasteiger partial charge is 0.275 e. The minimum Gasteiger partial charge on any atom is -0.503 e. The summed E-state index contributed by atoms with van der Waals surface area (Å²) < 4.78 is 15.5. The zero-order valence-electron chi connectivity index (χ0n) is 17.4. The summed E-state index contributed by atoms with van der Waals surface area (Å²) in [6.07, 6.45) is 2.44. The lowest BCUT2D eigenvalue weighted by atomic mass is 9.66. The standard InChI is InChI=1S/C22H23ClFN3O5/c1-2-27-21(32)17-19(30)18(29)14(9-26(17)11-22(27)6-12(7-22)10-28)20(31)25-8-13-4-3-5-15(23)16(13)24/h3-5,9,12,28,30H,2,6-8,10-11H2,1H3,(H,25,31)/t12-,22-. The fourth-order valence-electron chi connectivity index (χ4n) is 4.83. The van der Waals surface area contributed by atoms with E-state index in [-0.39, 0.29) is 47.5 Å². The van der Waals surface area contributed by atoms with Crippen molar-refractivity contribution in [1.29, 1.82) is 0 Å². The van der Waals surface area contributed by atoms with Crippen LogP contribution in [0.25, 0.3) is 0 Å². The Morgan fingerprint density at radius 1 is 1.34 bits per heavy atom. The number of fused-ring (bicyclic) bond motifs is 1. The van der Waals surface area contributed by atoms with E-state index in [2.05, 4.69) is 5.32 Å². The second-order valence-corrected chi connectivity index (χ2v) is 8.73. The molecule has 1 aromatic carbocycles. The maximum absolute atomic E-state index is 14.1. The molecular formula is C22H23ClFN3O5. The van der Waals surface area contributed by atoms with Crippen LogP contribution in [0.4, 0.5) is 4.39 Å². The number of rotatable bonds is 5. The molecule has 1 aliphatic heterocycles. The highest BCUT2D eigenvalue weighted by atomic mass is 35.5. The molecule has 1 saturated carbocycles. The molecule has 3 N–H and O–H groups in total. The van der Waals surface area contributed by atoms with Crippen LogP contribution < -0.4 is 10.7 Å². The zero-order chi connectivity index (χ0) is 23.2. The number of aromatic nitrogens is 1. The van der Waals surface area contributed by atoms with E-state index in [0.29, 0.717) is 19.4 Å². The number of pyridine rings is 1. The predicted molar refractivity (Wildman–Crippen MR) is 114 cm³/mol. The summed E-state index contributed by atoms with van der Waals surface area (Å²) >= 11 is 5.75. The van der Waals surface area contributed by atoms with E-state index < -0.39 is 34.3 Å². The zero-order valence-corrected chi connectivity index (χ0v) is 18.2. The molecule has 1 aliphatic carbocycles. The van der Waals surface area contributed by atoms with E-state index in [1.165, 1.54) is 29.0 Å². The van der Waals surface area contributed by atoms with E-state index in [9.17, 15) is 29.0 Å². The summed E-state index contributed by atoms with van der Waals surface area (Å²) in [5, 5.41) is 22.3. The van der Waals surface area contributed by atoms with Gasteiger partial charge in [-0.3, -0.25) is 14.4 Å². The van der Waals surface area contributed by atoms with Gasteiger partial charge in [-0.2, -0.15) is 0 Å². The quantitative estimate of drug-likeness (QED) is 0.627. The molecule has 170 valence electrons. The van der Waals surface area contributed by atoms with Crippen LogP contribution in [0.1, 0.15) is 46.2 Å². The monoisotopic (exact) mass is 463 g/mol. The van der Waals surface area contributed by atoms with Crippen LogP contribution >= 0.6 is 11.6 Å². The first-order chi connectivity index (χ1) is 15.2. The first-order valence-electron chi connectivity index (χ1n) is 10.3. The Labute approximate surface area is 188 Å². The van der Waals surface area contributed by atoms with Gasteiger partial charge < -0.3 is 25.0 Å². The first kappa shape index (κ1) is 22.3. The van der Waals surface area contributed by atoms with Gasteiger partial charge >= 0.3 is 0 Å². The van der Waals surface area contributed by atoms with Crippen molar-refractivity contribution in [3.8, 4) is 5.75 Å². The molecule has 2 aromatic rings. The minimum absolute atomic E-state index is 0.0173. The van der Waals surface area contributed by atoms with Crippen LogP contribution in [0.5, 0.6) is 5.75 Å². The largest absolute Gasteiger partial charge is 0.503 e. The summed E-state index contributed by atoms with van der Waals surface area (Å²) in [6, 6.07) is 4.37. The summed E-state index contributed by atoms with van der Waals surface area (Å²) in [7, 11) is 0. The van der Waals surface area contributed by atoms with Gasteiger partial charge in [0.15, 0.2) is 11.4 Å². The van der Waals surface area contributed by atoms with Crippen LogP contribution in [0.15, 0.2) is 29.2 Å². The molecule has 0 saturated heterocycles. The summed E-state index contributed by atoms with van der Waals surface area (Å²) in [5.74, 6) is -2.68. The number of carbonyl (C=O) groups excluding carboxylic acids is 2. The number of halogens is 2. The second kappa shape index (κ2) is 8.22. The lowest BCUT2D eigenvalue weighted by molar-refractivity contribution is -0.0478. The van der Waals surface area contributed by atoms with Crippen molar-refractivity contribution in [3.63, 3.8) is 0 Å². The Bertz CT molecular complexity index is 1160. The van der Waals surface area contributed by atoms with Gasteiger partial charge in [0.25, 0.3) is 11.8 Å². The molecule has 0 atom stereocenters. The third-order valence-corrected chi connectivity index (χ3v) is 6.66. The fourth-order valence-corrected chi connectivity index (χ4v) is 5.03. The number of carbonyl (C=O) groups is 2. The molecule has 1 spiro atoms. The molecular weight excluding hydrogens is 441 g/mol. The van der Waals surface area contributed by atoms with Gasteiger partial charge in [-0.25, -0.2) is 4.39 Å². The Balaban J connectivity index is 1.65. The maximum atomic E-state index is 14.1. The van der Waals surface area contributed by atoms with E-state index in [4.69, 9.17) is 11.6 Å². The van der Waals surface area contributed by atoms with Crippen LogP contribution in [-0.4, -0.2) is 50.2 Å². The lowest BCUT2D eigenvalue weighted by Gasteiger charge is -2.56. The second-order valence-electron chi connectivity index (χ2n) is 8.32. The molecule has 0 bridgehead atoms. The topological polar surface area (TPSA) is 112 Å². The normalized spacial score (nSPS) is 21.9. The average molecular weight is 464 g/mol. The van der Waals surface area contributed by atoms with Gasteiger partial charge in [0.2, 0.25) is 5.43 Å². The molecule has 4 rings (SSSR count). The number of likely N-dealkylation sites (N-methyl/N-ethyl adjacent to an activating group) is 1. The molecule has 10 heteroatoms. The third kappa shape index (κ3) is 3.45. The number of aliphatic hydroxyl groups excluding tert-OH is 1. The van der Waals surface area contributed by atoms with Crippen LogP contribution in [0, 0.1) is 11.7 Å². The van der Waals surface area contributed by atoms with Crippen LogP contribution in [-0.2, 0) is 13.1 Å². The van der Waals surface area contributed by atoms with Crippen molar-refractivity contribution in [3.05, 3.63) is 62.3 Å². The summed E-state index contributed by atoms with van der Waals surface area (Å²) in [4.78, 5) is 40.1. The van der Waals surface area contributed by atoms with Gasteiger partial charge in [-0.1, -0.05) is 23.7 Å². The Hall–Kier alpha value is -2.91.